The van der Waals surface area contributed by atoms with Gasteiger partial charge < -0.3 is 31.5 Å². The van der Waals surface area contributed by atoms with Crippen LogP contribution in [0.1, 0.15) is 70.9 Å². The van der Waals surface area contributed by atoms with Crippen molar-refractivity contribution >= 4 is 77.4 Å². The lowest BCUT2D eigenvalue weighted by Crippen LogP contribution is -2.45. The third-order valence-corrected chi connectivity index (χ3v) is 16.4. The van der Waals surface area contributed by atoms with Crippen molar-refractivity contribution in [2.45, 2.75) is 87.2 Å². The van der Waals surface area contributed by atoms with Gasteiger partial charge >= 0.3 is 0 Å². The topological polar surface area (TPSA) is 232 Å². The Morgan fingerprint density at radius 2 is 1.16 bits per heavy atom. The highest BCUT2D eigenvalue weighted by Gasteiger charge is 2.37. The number of halogens is 2. The molecule has 20 heteroatoms. The van der Waals surface area contributed by atoms with Crippen LogP contribution in [0.3, 0.4) is 0 Å². The fraction of sp³-hybridized carbons (Fsp3) is 0.381. The third kappa shape index (κ3) is 8.31. The molecule has 0 spiro atoms. The standard InChI is InChI=1S/C42H48Cl2N6O10S2/c1-8-42(4,48-32-30(36(54)38(32)56)46-27-18-16-25(43)39(33(27)51)61(57,58)49(5)6)24-15-11-12-22(20-24)21-50(7)62(59,60)40-26(44)17-19-28(34(40)52)45-29-31(37(55)35(29)53)47-41(2,3)23-13-9-10-14-23/h11-12,15-20,23,45-48,51-52H,8-10,13-14,21H2,1-7H3/t42-/m1/s1. The van der Waals surface area contributed by atoms with Crippen LogP contribution >= 0.6 is 23.2 Å². The van der Waals surface area contributed by atoms with Gasteiger partial charge in [-0.3, -0.25) is 19.2 Å². The summed E-state index contributed by atoms with van der Waals surface area (Å²) in [5.74, 6) is -1.23. The lowest BCUT2D eigenvalue weighted by Gasteiger charge is -2.35. The van der Waals surface area contributed by atoms with Gasteiger partial charge in [-0.2, -0.15) is 4.31 Å². The van der Waals surface area contributed by atoms with Gasteiger partial charge in [-0.1, -0.05) is 67.2 Å². The van der Waals surface area contributed by atoms with E-state index in [0.29, 0.717) is 17.5 Å². The molecule has 0 aromatic heterocycles. The van der Waals surface area contributed by atoms with E-state index in [9.17, 15) is 46.2 Å². The van der Waals surface area contributed by atoms with Crippen molar-refractivity contribution in [2.75, 3.05) is 42.4 Å². The van der Waals surface area contributed by atoms with Crippen LogP contribution < -0.4 is 43.0 Å². The highest BCUT2D eigenvalue weighted by Crippen LogP contribution is 2.43. The summed E-state index contributed by atoms with van der Waals surface area (Å²) < 4.78 is 55.8. The molecule has 1 aliphatic carbocycles. The van der Waals surface area contributed by atoms with E-state index in [2.05, 4.69) is 21.3 Å². The zero-order chi connectivity index (χ0) is 45.9. The zero-order valence-electron chi connectivity index (χ0n) is 35.1. The van der Waals surface area contributed by atoms with Crippen molar-refractivity contribution in [3.05, 3.63) is 111 Å². The number of nitrogens with zero attached hydrogens (tertiary/aromatic N) is 2. The van der Waals surface area contributed by atoms with Crippen molar-refractivity contribution in [2.24, 2.45) is 5.92 Å². The van der Waals surface area contributed by atoms with Gasteiger partial charge in [-0.15, -0.1) is 0 Å². The average molecular weight is 932 g/mol. The van der Waals surface area contributed by atoms with Crippen molar-refractivity contribution in [3.8, 4) is 11.5 Å². The molecule has 6 N–H and O–H groups in total. The zero-order valence-corrected chi connectivity index (χ0v) is 38.2. The average Bonchev–Trinajstić information content (AvgIpc) is 3.78. The van der Waals surface area contributed by atoms with Gasteiger partial charge in [0.05, 0.1) is 27.0 Å². The van der Waals surface area contributed by atoms with E-state index in [1.54, 1.807) is 31.2 Å². The highest BCUT2D eigenvalue weighted by atomic mass is 35.5. The number of aromatic hydroxyl groups is 2. The molecular formula is C42H48Cl2N6O10S2. The molecular weight excluding hydrogens is 884 g/mol. The number of hydrogen-bond donors (Lipinski definition) is 6. The molecule has 0 heterocycles. The maximum Gasteiger partial charge on any atom is 0.253 e. The Kier molecular flexibility index (Phi) is 12.7. The van der Waals surface area contributed by atoms with E-state index in [-0.39, 0.29) is 56.6 Å². The smallest absolute Gasteiger partial charge is 0.253 e. The van der Waals surface area contributed by atoms with E-state index < -0.39 is 74.1 Å². The molecule has 6 rings (SSSR count). The summed E-state index contributed by atoms with van der Waals surface area (Å²) >= 11 is 12.6. The molecule has 1 atom stereocenters. The van der Waals surface area contributed by atoms with Crippen LogP contribution in [0, 0.1) is 5.92 Å². The second-order valence-corrected chi connectivity index (χ2v) is 21.4. The lowest BCUT2D eigenvalue weighted by molar-refractivity contribution is 0.356. The minimum absolute atomic E-state index is 0.0564. The lowest BCUT2D eigenvalue weighted by atomic mass is 9.85. The molecule has 1 saturated carbocycles. The molecule has 0 saturated heterocycles. The van der Waals surface area contributed by atoms with Gasteiger partial charge in [0, 0.05) is 33.2 Å². The van der Waals surface area contributed by atoms with Crippen molar-refractivity contribution in [1.29, 1.82) is 0 Å². The first-order chi connectivity index (χ1) is 28.9. The number of phenolic OH excluding ortho intramolecular Hbond substituents is 2. The summed E-state index contributed by atoms with van der Waals surface area (Å²) in [5, 5.41) is 33.6. The number of sulfonamides is 2. The Morgan fingerprint density at radius 1 is 0.694 bits per heavy atom. The minimum Gasteiger partial charge on any atom is -0.504 e. The summed E-state index contributed by atoms with van der Waals surface area (Å²) in [6, 6.07) is 11.9. The van der Waals surface area contributed by atoms with Crippen LogP contribution in [0.2, 0.25) is 10.0 Å². The van der Waals surface area contributed by atoms with Gasteiger partial charge in [-0.25, -0.2) is 21.1 Å². The van der Waals surface area contributed by atoms with Crippen LogP contribution in [0.5, 0.6) is 11.5 Å². The summed E-state index contributed by atoms with van der Waals surface area (Å²) in [7, 11) is -4.92. The summed E-state index contributed by atoms with van der Waals surface area (Å²) in [5.41, 5.74) is -4.49. The highest BCUT2D eigenvalue weighted by molar-refractivity contribution is 7.89. The first kappa shape index (κ1) is 46.5. The molecule has 62 heavy (non-hydrogen) atoms. The number of rotatable bonds is 17. The van der Waals surface area contributed by atoms with Gasteiger partial charge in [0.2, 0.25) is 20.0 Å². The van der Waals surface area contributed by atoms with E-state index in [1.807, 2.05) is 20.8 Å². The van der Waals surface area contributed by atoms with Crippen molar-refractivity contribution < 1.29 is 27.0 Å². The van der Waals surface area contributed by atoms with E-state index >= 15 is 0 Å². The quantitative estimate of drug-likeness (QED) is 0.0446. The number of nitrogens with one attached hydrogen (secondary N) is 4. The predicted octanol–water partition coefficient (Wildman–Crippen LogP) is 6.27. The molecule has 1 fully saturated rings. The maximum atomic E-state index is 14.1. The minimum atomic E-state index is -4.52. The number of anilines is 6. The van der Waals surface area contributed by atoms with Crippen molar-refractivity contribution in [3.63, 3.8) is 0 Å². The van der Waals surface area contributed by atoms with Crippen LogP contribution in [0.25, 0.3) is 0 Å². The van der Waals surface area contributed by atoms with Gasteiger partial charge in [-0.05, 0) is 81.3 Å². The third-order valence-electron chi connectivity index (χ3n) is 11.8. The SMILES string of the molecule is CC[C@@](C)(Nc1c(Nc2ccc(Cl)c(S(=O)(=O)N(C)C)c2O)c(=O)c1=O)c1cccc(CN(C)S(=O)(=O)c2c(Cl)ccc(Nc3c(NC(C)(C)C4CCCC4)c(=O)c3=O)c2O)c1. The first-order valence-corrected chi connectivity index (χ1v) is 23.3. The van der Waals surface area contributed by atoms with E-state index in [1.165, 1.54) is 45.4 Å². The Bertz CT molecular complexity index is 2950. The molecule has 0 aliphatic heterocycles. The van der Waals surface area contributed by atoms with Gasteiger partial charge in [0.25, 0.3) is 21.7 Å². The van der Waals surface area contributed by atoms with E-state index in [0.717, 1.165) is 34.3 Å². The summed E-state index contributed by atoms with van der Waals surface area (Å²) in [6.45, 7) is 7.28. The Hall–Kier alpha value is -4.98. The molecule has 16 nitrogen and oxygen atoms in total. The van der Waals surface area contributed by atoms with E-state index in [4.69, 9.17) is 23.2 Å². The second kappa shape index (κ2) is 17.0. The summed E-state index contributed by atoms with van der Waals surface area (Å²) in [6.07, 6.45) is 4.43. The number of hydrogen-bond acceptors (Lipinski definition) is 14. The molecule has 1 aliphatic rings. The number of benzene rings is 3. The monoisotopic (exact) mass is 930 g/mol. The predicted molar refractivity (Wildman–Crippen MR) is 242 cm³/mol. The molecule has 5 aromatic rings. The fourth-order valence-electron chi connectivity index (χ4n) is 7.72. The fourth-order valence-corrected chi connectivity index (χ4v) is 10.9. The van der Waals surface area contributed by atoms with Crippen LogP contribution in [-0.2, 0) is 32.1 Å². The Labute approximate surface area is 369 Å². The van der Waals surface area contributed by atoms with Crippen molar-refractivity contribution in [1.82, 2.24) is 8.61 Å². The first-order valence-electron chi connectivity index (χ1n) is 19.7. The largest absolute Gasteiger partial charge is 0.504 e. The normalized spacial score (nSPS) is 15.1. The molecule has 0 unspecified atom stereocenters. The van der Waals surface area contributed by atoms with Crippen LogP contribution in [-0.4, -0.2) is 62.3 Å². The molecule has 0 bridgehead atoms. The maximum absolute atomic E-state index is 14.1. The van der Waals surface area contributed by atoms with Gasteiger partial charge in [0.1, 0.15) is 32.5 Å². The summed E-state index contributed by atoms with van der Waals surface area (Å²) in [4.78, 5) is 50.0. The van der Waals surface area contributed by atoms with Crippen LogP contribution in [0.15, 0.2) is 77.5 Å². The number of phenols is 2. The molecule has 0 radical (unpaired) electrons. The molecule has 5 aromatic carbocycles. The van der Waals surface area contributed by atoms with Gasteiger partial charge in [0.15, 0.2) is 11.5 Å². The Balaban J connectivity index is 1.23. The molecule has 0 amide bonds. The van der Waals surface area contributed by atoms with Crippen LogP contribution in [0.4, 0.5) is 34.1 Å². The molecule has 332 valence electrons. The second-order valence-electron chi connectivity index (χ2n) is 16.5. The Morgan fingerprint density at radius 3 is 1.65 bits per heavy atom.